The molecule has 0 amide bonds. The van der Waals surface area contributed by atoms with Crippen LogP contribution in [0.5, 0.6) is 0 Å². The van der Waals surface area contributed by atoms with E-state index in [1.165, 1.54) is 53.4 Å². The van der Waals surface area contributed by atoms with E-state index in [0.717, 1.165) is 0 Å². The molecule has 8 nitrogen and oxygen atoms in total. The average molecular weight is 431 g/mol. The van der Waals surface area contributed by atoms with Gasteiger partial charge in [0.05, 0.1) is 0 Å². The molecule has 0 fully saturated rings. The van der Waals surface area contributed by atoms with E-state index in [1.54, 1.807) is 0 Å². The van der Waals surface area contributed by atoms with Gasteiger partial charge in [-0.1, -0.05) is 65.8 Å². The molecule has 0 bridgehead atoms. The number of carbonyl (C=O) groups is 4. The second-order valence-electron chi connectivity index (χ2n) is 6.05. The predicted octanol–water partition coefficient (Wildman–Crippen LogP) is 5.18. The molecule has 8 heteroatoms. The summed E-state index contributed by atoms with van der Waals surface area (Å²) in [7, 11) is 0. The molecule has 0 saturated heterocycles. The monoisotopic (exact) mass is 430 g/mol. The third-order valence-corrected chi connectivity index (χ3v) is 2.42. The molecule has 4 N–H and O–H groups in total. The number of rotatable bonds is 7. The maximum Gasteiger partial charge on any atom is 0.330 e. The van der Waals surface area contributed by atoms with E-state index in [0.29, 0.717) is 0 Å². The minimum absolute atomic E-state index is 0.176. The van der Waals surface area contributed by atoms with E-state index in [2.05, 4.69) is 40.2 Å². The maximum absolute atomic E-state index is 9.60. The van der Waals surface area contributed by atoms with E-state index >= 15 is 0 Å². The molecule has 0 aromatic heterocycles. The van der Waals surface area contributed by atoms with Crippen LogP contribution in [0.1, 0.15) is 67.2 Å². The van der Waals surface area contributed by atoms with Crippen LogP contribution < -0.4 is 0 Å². The summed E-state index contributed by atoms with van der Waals surface area (Å²) in [5, 5.41) is 31.6. The summed E-state index contributed by atoms with van der Waals surface area (Å²) in [4.78, 5) is 38.4. The summed E-state index contributed by atoms with van der Waals surface area (Å²) in [6.45, 7) is 22.9. The van der Waals surface area contributed by atoms with Crippen molar-refractivity contribution in [2.75, 3.05) is 0 Å². The molecule has 0 atom stereocenters. The fraction of sp³-hybridized carbons (Fsp3) is 0.455. The van der Waals surface area contributed by atoms with Gasteiger partial charge in [-0.05, 0) is 27.7 Å². The van der Waals surface area contributed by atoms with Crippen molar-refractivity contribution in [3.63, 3.8) is 0 Å². The third-order valence-electron chi connectivity index (χ3n) is 2.42. The lowest BCUT2D eigenvalue weighted by Crippen LogP contribution is -1.92. The Morgan fingerprint density at radius 1 is 0.500 bits per heavy atom. The molecule has 0 aromatic rings. The van der Waals surface area contributed by atoms with Gasteiger partial charge in [-0.15, -0.1) is 0 Å². The Kier molecular flexibility index (Phi) is 32.4. The fourth-order valence-corrected chi connectivity index (χ4v) is 0.500. The largest absolute Gasteiger partial charge is 0.478 e. The van der Waals surface area contributed by atoms with Gasteiger partial charge in [-0.25, -0.2) is 19.2 Å². The number of unbranched alkanes of at least 4 members (excludes halogenated alkanes) is 3. The highest BCUT2D eigenvalue weighted by Crippen LogP contribution is 1.95. The summed E-state index contributed by atoms with van der Waals surface area (Å²) in [6.07, 6.45) is 5.54. The zero-order valence-corrected chi connectivity index (χ0v) is 19.1. The SMILES string of the molecule is C=C(C)C(=O)O.C=C(C)C(=O)O.C=C(C)C(=O)O.C=C(C)C(=O)O.CCCCCC. The van der Waals surface area contributed by atoms with Crippen LogP contribution >= 0.6 is 0 Å². The van der Waals surface area contributed by atoms with Crippen molar-refractivity contribution in [2.24, 2.45) is 0 Å². The lowest BCUT2D eigenvalue weighted by Gasteiger charge is -1.86. The molecule has 0 spiro atoms. The lowest BCUT2D eigenvalue weighted by atomic mass is 10.2. The summed E-state index contributed by atoms with van der Waals surface area (Å²) >= 11 is 0. The van der Waals surface area contributed by atoms with Crippen LogP contribution in [0.4, 0.5) is 0 Å². The van der Waals surface area contributed by atoms with E-state index < -0.39 is 23.9 Å². The maximum atomic E-state index is 9.60. The molecule has 174 valence electrons. The minimum Gasteiger partial charge on any atom is -0.478 e. The van der Waals surface area contributed by atoms with Crippen LogP contribution in [-0.4, -0.2) is 44.3 Å². The van der Waals surface area contributed by atoms with Crippen molar-refractivity contribution in [3.05, 3.63) is 48.6 Å². The summed E-state index contributed by atoms with van der Waals surface area (Å²) < 4.78 is 0. The molecule has 0 unspecified atom stereocenters. The average Bonchev–Trinajstić information content (AvgIpc) is 2.61. The normalized spacial score (nSPS) is 7.80. The van der Waals surface area contributed by atoms with Crippen molar-refractivity contribution in [3.8, 4) is 0 Å². The van der Waals surface area contributed by atoms with Crippen molar-refractivity contribution in [1.29, 1.82) is 0 Å². The highest BCUT2D eigenvalue weighted by molar-refractivity contribution is 5.85. The third kappa shape index (κ3) is 56.3. The van der Waals surface area contributed by atoms with Crippen LogP contribution in [0.25, 0.3) is 0 Å². The van der Waals surface area contributed by atoms with E-state index in [-0.39, 0.29) is 22.3 Å². The second-order valence-corrected chi connectivity index (χ2v) is 6.05. The topological polar surface area (TPSA) is 149 Å². The number of aliphatic carboxylic acids is 4. The van der Waals surface area contributed by atoms with Gasteiger partial charge in [0, 0.05) is 22.3 Å². The van der Waals surface area contributed by atoms with Crippen LogP contribution in [0, 0.1) is 0 Å². The fourth-order valence-electron chi connectivity index (χ4n) is 0.500. The van der Waals surface area contributed by atoms with Crippen LogP contribution in [-0.2, 0) is 19.2 Å². The van der Waals surface area contributed by atoms with Gasteiger partial charge >= 0.3 is 23.9 Å². The molecular weight excluding hydrogens is 392 g/mol. The lowest BCUT2D eigenvalue weighted by molar-refractivity contribution is -0.133. The standard InChI is InChI=1S/C6H14.4C4H6O2/c1-3-5-6-4-2;4*1-3(2)4(5)6/h3-6H2,1-2H3;4*1H2,2H3,(H,5,6). The predicted molar refractivity (Wildman–Crippen MR) is 120 cm³/mol. The quantitative estimate of drug-likeness (QED) is 0.319. The number of hydrogen-bond acceptors (Lipinski definition) is 4. The highest BCUT2D eigenvalue weighted by atomic mass is 16.4. The van der Waals surface area contributed by atoms with Crippen LogP contribution in [0.2, 0.25) is 0 Å². The minimum atomic E-state index is -0.935. The summed E-state index contributed by atoms with van der Waals surface area (Å²) in [6, 6.07) is 0. The van der Waals surface area contributed by atoms with Gasteiger partial charge in [0.15, 0.2) is 0 Å². The molecule has 30 heavy (non-hydrogen) atoms. The Morgan fingerprint density at radius 3 is 0.633 bits per heavy atom. The first-order valence-corrected chi connectivity index (χ1v) is 9.04. The van der Waals surface area contributed by atoms with Gasteiger partial charge in [0.2, 0.25) is 0 Å². The molecule has 0 heterocycles. The molecule has 0 saturated carbocycles. The molecule has 0 rings (SSSR count). The Balaban J connectivity index is -0.0000000868. The van der Waals surface area contributed by atoms with E-state index in [1.807, 2.05) is 0 Å². The van der Waals surface area contributed by atoms with Crippen LogP contribution in [0.3, 0.4) is 0 Å². The van der Waals surface area contributed by atoms with Crippen molar-refractivity contribution in [1.82, 2.24) is 0 Å². The summed E-state index contributed by atoms with van der Waals surface area (Å²) in [5.41, 5.74) is 0.704. The highest BCUT2D eigenvalue weighted by Gasteiger charge is 1.91. The Hall–Kier alpha value is -3.16. The number of carboxylic acids is 4. The molecule has 0 aliphatic rings. The van der Waals surface area contributed by atoms with Crippen LogP contribution in [0.15, 0.2) is 48.6 Å². The first-order valence-electron chi connectivity index (χ1n) is 9.04. The number of carboxylic acid groups (broad SMARTS) is 4. The van der Waals surface area contributed by atoms with Gasteiger partial charge in [0.1, 0.15) is 0 Å². The molecule has 0 aliphatic heterocycles. The second kappa shape index (κ2) is 25.8. The summed E-state index contributed by atoms with van der Waals surface area (Å²) in [5.74, 6) is -3.74. The van der Waals surface area contributed by atoms with Crippen molar-refractivity contribution < 1.29 is 39.6 Å². The zero-order chi connectivity index (χ0) is 25.4. The Morgan fingerprint density at radius 2 is 0.600 bits per heavy atom. The molecule has 0 aliphatic carbocycles. The first-order chi connectivity index (χ1) is 13.5. The number of hydrogen-bond donors (Lipinski definition) is 4. The molecular formula is C22H38O8. The van der Waals surface area contributed by atoms with Crippen molar-refractivity contribution >= 4 is 23.9 Å². The van der Waals surface area contributed by atoms with Gasteiger partial charge in [-0.3, -0.25) is 0 Å². The Labute approximate surface area is 179 Å². The Bertz CT molecular complexity index is 438. The van der Waals surface area contributed by atoms with E-state index in [9.17, 15) is 19.2 Å². The van der Waals surface area contributed by atoms with Gasteiger partial charge in [-0.2, -0.15) is 0 Å². The molecule has 0 aromatic carbocycles. The first kappa shape index (κ1) is 37.6. The van der Waals surface area contributed by atoms with Crippen molar-refractivity contribution in [2.45, 2.75) is 67.2 Å². The van der Waals surface area contributed by atoms with Gasteiger partial charge < -0.3 is 20.4 Å². The molecule has 0 radical (unpaired) electrons. The van der Waals surface area contributed by atoms with Gasteiger partial charge in [0.25, 0.3) is 0 Å². The zero-order valence-electron chi connectivity index (χ0n) is 19.1. The van der Waals surface area contributed by atoms with E-state index in [4.69, 9.17) is 20.4 Å². The smallest absolute Gasteiger partial charge is 0.330 e.